The number of ether oxygens (including phenoxy) is 1. The molecule has 3 rings (SSSR count). The topological polar surface area (TPSA) is 53.0 Å². The van der Waals surface area contributed by atoms with Crippen LogP contribution in [0.2, 0.25) is 0 Å². The van der Waals surface area contributed by atoms with E-state index >= 15 is 0 Å². The van der Waals surface area contributed by atoms with Crippen molar-refractivity contribution < 1.29 is 14.9 Å². The van der Waals surface area contributed by atoms with Crippen LogP contribution in [0.25, 0.3) is 11.1 Å². The molecule has 1 fully saturated rings. The largest absolute Gasteiger partial charge is 0.507 e. The van der Waals surface area contributed by atoms with Crippen LogP contribution in [0, 0.1) is 0 Å². The SMILES string of the molecule is ClCC1CO1.Oc1ccccc1-c1ccccc1O. The number of para-hydroxylation sites is 2. The highest BCUT2D eigenvalue weighted by Gasteiger charge is 2.19. The van der Waals surface area contributed by atoms with Gasteiger partial charge in [-0.15, -0.1) is 11.6 Å². The van der Waals surface area contributed by atoms with Crippen molar-refractivity contribution in [2.45, 2.75) is 6.10 Å². The first-order valence-corrected chi connectivity index (χ1v) is 6.49. The third kappa shape index (κ3) is 3.88. The Balaban J connectivity index is 0.000000224. The molecular formula is C15H15ClO3. The number of phenolic OH excluding ortho intramolecular Hbond substituents is 2. The van der Waals surface area contributed by atoms with Gasteiger partial charge >= 0.3 is 0 Å². The molecule has 2 aromatic carbocycles. The maximum atomic E-state index is 9.58. The molecule has 2 N–H and O–H groups in total. The van der Waals surface area contributed by atoms with Gasteiger partial charge in [0.15, 0.2) is 0 Å². The Labute approximate surface area is 117 Å². The van der Waals surface area contributed by atoms with Gasteiger partial charge in [0.25, 0.3) is 0 Å². The van der Waals surface area contributed by atoms with Crippen molar-refractivity contribution in [3.05, 3.63) is 48.5 Å². The van der Waals surface area contributed by atoms with E-state index in [-0.39, 0.29) is 11.5 Å². The third-order valence-corrected chi connectivity index (χ3v) is 3.02. The minimum absolute atomic E-state index is 0.175. The Morgan fingerprint density at radius 2 is 1.37 bits per heavy atom. The highest BCUT2D eigenvalue weighted by molar-refractivity contribution is 6.18. The third-order valence-electron chi connectivity index (χ3n) is 2.67. The van der Waals surface area contributed by atoms with Crippen LogP contribution in [-0.4, -0.2) is 28.8 Å². The molecule has 0 saturated carbocycles. The fraction of sp³-hybridized carbons (Fsp3) is 0.200. The summed E-state index contributed by atoms with van der Waals surface area (Å²) < 4.78 is 4.73. The number of benzene rings is 2. The summed E-state index contributed by atoms with van der Waals surface area (Å²) in [6.45, 7) is 0.878. The summed E-state index contributed by atoms with van der Waals surface area (Å²) in [7, 11) is 0. The molecule has 0 bridgehead atoms. The van der Waals surface area contributed by atoms with Crippen LogP contribution in [0.15, 0.2) is 48.5 Å². The van der Waals surface area contributed by atoms with E-state index in [1.165, 1.54) is 0 Å². The number of hydrogen-bond donors (Lipinski definition) is 2. The number of aromatic hydroxyl groups is 2. The Kier molecular flexibility index (Phi) is 4.66. The summed E-state index contributed by atoms with van der Waals surface area (Å²) in [6.07, 6.45) is 0.400. The van der Waals surface area contributed by atoms with Crippen LogP contribution in [-0.2, 0) is 4.74 Å². The van der Waals surface area contributed by atoms with Crippen molar-refractivity contribution in [2.75, 3.05) is 12.5 Å². The second-order valence-electron chi connectivity index (χ2n) is 4.14. The van der Waals surface area contributed by atoms with E-state index in [1.54, 1.807) is 36.4 Å². The summed E-state index contributed by atoms with van der Waals surface area (Å²) in [5, 5.41) is 19.2. The minimum atomic E-state index is 0.175. The Bertz CT molecular complexity index is 495. The van der Waals surface area contributed by atoms with E-state index in [4.69, 9.17) is 16.3 Å². The molecule has 1 aliphatic rings. The molecule has 1 atom stereocenters. The van der Waals surface area contributed by atoms with Crippen molar-refractivity contribution in [1.82, 2.24) is 0 Å². The maximum absolute atomic E-state index is 9.58. The van der Waals surface area contributed by atoms with Gasteiger partial charge < -0.3 is 14.9 Å². The van der Waals surface area contributed by atoms with Gasteiger partial charge in [0.2, 0.25) is 0 Å². The van der Waals surface area contributed by atoms with E-state index < -0.39 is 0 Å². The lowest BCUT2D eigenvalue weighted by atomic mass is 10.0. The monoisotopic (exact) mass is 278 g/mol. The number of hydrogen-bond acceptors (Lipinski definition) is 3. The van der Waals surface area contributed by atoms with Crippen LogP contribution in [0.1, 0.15) is 0 Å². The average molecular weight is 279 g/mol. The van der Waals surface area contributed by atoms with E-state index in [9.17, 15) is 10.2 Å². The number of alkyl halides is 1. The number of phenols is 2. The molecule has 0 spiro atoms. The molecule has 3 nitrogen and oxygen atoms in total. The van der Waals surface area contributed by atoms with Gasteiger partial charge in [-0.1, -0.05) is 36.4 Å². The molecular weight excluding hydrogens is 264 g/mol. The van der Waals surface area contributed by atoms with Crippen LogP contribution in [0.5, 0.6) is 11.5 Å². The second-order valence-corrected chi connectivity index (χ2v) is 4.45. The van der Waals surface area contributed by atoms with Crippen molar-refractivity contribution in [3.63, 3.8) is 0 Å². The molecule has 0 amide bonds. The van der Waals surface area contributed by atoms with Crippen molar-refractivity contribution in [3.8, 4) is 22.6 Å². The van der Waals surface area contributed by atoms with Gasteiger partial charge in [-0.05, 0) is 12.1 Å². The average Bonchev–Trinajstić information content (AvgIpc) is 3.25. The second kappa shape index (κ2) is 6.45. The van der Waals surface area contributed by atoms with Gasteiger partial charge in [0.1, 0.15) is 11.5 Å². The van der Waals surface area contributed by atoms with Crippen molar-refractivity contribution in [2.24, 2.45) is 0 Å². The molecule has 1 aliphatic heterocycles. The zero-order valence-corrected chi connectivity index (χ0v) is 11.0. The van der Waals surface area contributed by atoms with Gasteiger partial charge in [0.05, 0.1) is 18.6 Å². The van der Waals surface area contributed by atoms with Crippen molar-refractivity contribution in [1.29, 1.82) is 0 Å². The summed E-state index contributed by atoms with van der Waals surface area (Å²) in [4.78, 5) is 0. The maximum Gasteiger partial charge on any atom is 0.123 e. The van der Waals surface area contributed by atoms with E-state index in [0.717, 1.165) is 6.61 Å². The predicted octanol–water partition coefficient (Wildman–Crippen LogP) is 3.39. The Hall–Kier alpha value is -1.71. The van der Waals surface area contributed by atoms with Crippen LogP contribution in [0.3, 0.4) is 0 Å². The molecule has 100 valence electrons. The Morgan fingerprint density at radius 3 is 1.63 bits per heavy atom. The van der Waals surface area contributed by atoms with E-state index in [0.29, 0.717) is 23.1 Å². The Morgan fingerprint density at radius 1 is 0.947 bits per heavy atom. The normalized spacial score (nSPS) is 16.4. The standard InChI is InChI=1S/C12H10O2.C3H5ClO/c13-11-7-3-1-5-9(11)10-6-2-4-8-12(10)14;4-1-3-2-5-3/h1-8,13-14H;3H,1-2H2. The quantitative estimate of drug-likeness (QED) is 0.654. The lowest BCUT2D eigenvalue weighted by Crippen LogP contribution is -1.80. The number of epoxide rings is 1. The first kappa shape index (κ1) is 13.7. The van der Waals surface area contributed by atoms with Gasteiger partial charge in [0, 0.05) is 11.1 Å². The molecule has 1 saturated heterocycles. The van der Waals surface area contributed by atoms with Gasteiger partial charge in [-0.2, -0.15) is 0 Å². The number of rotatable bonds is 2. The van der Waals surface area contributed by atoms with Crippen LogP contribution < -0.4 is 0 Å². The molecule has 0 aliphatic carbocycles. The minimum Gasteiger partial charge on any atom is -0.507 e. The lowest BCUT2D eigenvalue weighted by Gasteiger charge is -2.05. The molecule has 0 radical (unpaired) electrons. The molecule has 1 unspecified atom stereocenters. The molecule has 2 aromatic rings. The lowest BCUT2D eigenvalue weighted by molar-refractivity contribution is 0.425. The smallest absolute Gasteiger partial charge is 0.123 e. The summed E-state index contributed by atoms with van der Waals surface area (Å²) in [6, 6.07) is 13.9. The zero-order valence-electron chi connectivity index (χ0n) is 10.3. The molecule has 0 aromatic heterocycles. The zero-order chi connectivity index (χ0) is 13.7. The highest BCUT2D eigenvalue weighted by Crippen LogP contribution is 2.34. The van der Waals surface area contributed by atoms with E-state index in [2.05, 4.69) is 0 Å². The molecule has 1 heterocycles. The summed E-state index contributed by atoms with van der Waals surface area (Å²) in [5.41, 5.74) is 1.29. The fourth-order valence-electron chi connectivity index (χ4n) is 1.56. The molecule has 19 heavy (non-hydrogen) atoms. The highest BCUT2D eigenvalue weighted by atomic mass is 35.5. The predicted molar refractivity (Wildman–Crippen MR) is 75.7 cm³/mol. The van der Waals surface area contributed by atoms with Crippen LogP contribution in [0.4, 0.5) is 0 Å². The molecule has 4 heteroatoms. The summed E-state index contributed by atoms with van der Waals surface area (Å²) >= 11 is 5.27. The summed E-state index contributed by atoms with van der Waals surface area (Å²) in [5.74, 6) is 1.02. The number of halogens is 1. The fourth-order valence-corrected chi connectivity index (χ4v) is 1.74. The van der Waals surface area contributed by atoms with Gasteiger partial charge in [-0.3, -0.25) is 0 Å². The first-order valence-electron chi connectivity index (χ1n) is 5.96. The van der Waals surface area contributed by atoms with E-state index in [1.807, 2.05) is 12.1 Å². The van der Waals surface area contributed by atoms with Gasteiger partial charge in [-0.25, -0.2) is 0 Å². The van der Waals surface area contributed by atoms with Crippen molar-refractivity contribution >= 4 is 11.6 Å². The first-order chi connectivity index (χ1) is 9.22. The van der Waals surface area contributed by atoms with Crippen LogP contribution >= 0.6 is 11.6 Å².